The van der Waals surface area contributed by atoms with Gasteiger partial charge in [-0.05, 0) is 66.2 Å². The number of thiazole rings is 2. The number of hydrogen-bond acceptors (Lipinski definition) is 12. The molecule has 5 aromatic heterocycles. The van der Waals surface area contributed by atoms with Crippen molar-refractivity contribution >= 4 is 56.5 Å². The van der Waals surface area contributed by atoms with Gasteiger partial charge in [-0.25, -0.2) is 39.3 Å². The van der Waals surface area contributed by atoms with Crippen LogP contribution in [0.5, 0.6) is 0 Å². The normalized spacial score (nSPS) is 9.88. The molecule has 216 valence electrons. The average molecular weight is 671 g/mol. The van der Waals surface area contributed by atoms with Gasteiger partial charge >= 0.3 is 17.9 Å². The van der Waals surface area contributed by atoms with E-state index in [1.54, 1.807) is 62.9 Å². The van der Waals surface area contributed by atoms with Gasteiger partial charge < -0.3 is 14.6 Å². The van der Waals surface area contributed by atoms with Crippen molar-refractivity contribution in [3.8, 4) is 21.1 Å². The lowest BCUT2D eigenvalue weighted by atomic mass is 10.2. The Morgan fingerprint density at radius 1 is 0.690 bits per heavy atom. The lowest BCUT2D eigenvalue weighted by Gasteiger charge is -2.01. The SMILES string of the molecule is CCOC(=O)c1ccc(-c2nccs2)cn1.CCOC(=O)c1ccc(Br)cn1.O=C(O)c1ccc(-c2nccs2)cn1. The van der Waals surface area contributed by atoms with E-state index >= 15 is 0 Å². The van der Waals surface area contributed by atoms with Crippen molar-refractivity contribution in [3.63, 3.8) is 0 Å². The van der Waals surface area contributed by atoms with Gasteiger partial charge in [0.1, 0.15) is 27.1 Å². The molecular formula is C28H24BrN5O6S2. The third-order valence-corrected chi connectivity index (χ3v) is 6.91. The van der Waals surface area contributed by atoms with Crippen LogP contribution in [0.15, 0.2) is 82.6 Å². The van der Waals surface area contributed by atoms with Gasteiger partial charge in [-0.3, -0.25) is 0 Å². The highest BCUT2D eigenvalue weighted by Crippen LogP contribution is 2.21. The van der Waals surface area contributed by atoms with Crippen molar-refractivity contribution < 1.29 is 29.0 Å². The number of pyridine rings is 3. The van der Waals surface area contributed by atoms with Gasteiger partial charge in [0.15, 0.2) is 0 Å². The summed E-state index contributed by atoms with van der Waals surface area (Å²) >= 11 is 6.24. The van der Waals surface area contributed by atoms with Crippen molar-refractivity contribution in [1.29, 1.82) is 0 Å². The number of halogens is 1. The molecule has 0 bridgehead atoms. The van der Waals surface area contributed by atoms with E-state index < -0.39 is 11.9 Å². The van der Waals surface area contributed by atoms with Gasteiger partial charge in [-0.2, -0.15) is 0 Å². The fourth-order valence-corrected chi connectivity index (χ4v) is 4.42. The van der Waals surface area contributed by atoms with Crippen LogP contribution >= 0.6 is 38.6 Å². The zero-order valence-electron chi connectivity index (χ0n) is 22.3. The highest BCUT2D eigenvalue weighted by Gasteiger charge is 2.09. The van der Waals surface area contributed by atoms with E-state index in [2.05, 4.69) is 40.8 Å². The average Bonchev–Trinajstić information content (AvgIpc) is 3.74. The van der Waals surface area contributed by atoms with Crippen molar-refractivity contribution in [2.75, 3.05) is 13.2 Å². The Hall–Kier alpha value is -4.40. The van der Waals surface area contributed by atoms with Gasteiger partial charge in [0.25, 0.3) is 0 Å². The van der Waals surface area contributed by atoms with E-state index in [9.17, 15) is 14.4 Å². The summed E-state index contributed by atoms with van der Waals surface area (Å²) < 4.78 is 10.4. The second-order valence-electron chi connectivity index (χ2n) is 7.65. The predicted octanol–water partition coefficient (Wildman–Crippen LogP) is 6.31. The van der Waals surface area contributed by atoms with E-state index in [1.807, 2.05) is 16.8 Å². The molecule has 42 heavy (non-hydrogen) atoms. The summed E-state index contributed by atoms with van der Waals surface area (Å²) in [6, 6.07) is 10.0. The Balaban J connectivity index is 0.000000175. The first-order chi connectivity index (χ1) is 20.3. The molecule has 0 fully saturated rings. The standard InChI is InChI=1S/C11H10N2O2S.C9H6N2O2S.C8H8BrNO2/c1-2-15-11(14)9-4-3-8(7-13-9)10-12-5-6-16-10;12-9(13)7-2-1-6(5-11-7)8-10-3-4-14-8;1-2-12-8(11)7-4-3-6(9)5-10-7/h3-7H,2H2,1H3;1-5H,(H,12,13);3-5H,2H2,1H3. The summed E-state index contributed by atoms with van der Waals surface area (Å²) in [6.45, 7) is 4.25. The Kier molecular flexibility index (Phi) is 12.8. The van der Waals surface area contributed by atoms with Crippen molar-refractivity contribution in [2.45, 2.75) is 13.8 Å². The van der Waals surface area contributed by atoms with E-state index in [4.69, 9.17) is 14.6 Å². The third-order valence-electron chi connectivity index (χ3n) is 4.80. The topological polar surface area (TPSA) is 154 Å². The molecule has 14 heteroatoms. The molecule has 0 unspecified atom stereocenters. The fraction of sp³-hybridized carbons (Fsp3) is 0.143. The van der Waals surface area contributed by atoms with E-state index in [0.29, 0.717) is 24.6 Å². The zero-order chi connectivity index (χ0) is 30.3. The van der Waals surface area contributed by atoms with Crippen LogP contribution in [0.2, 0.25) is 0 Å². The number of esters is 2. The smallest absolute Gasteiger partial charge is 0.356 e. The molecule has 0 amide bonds. The van der Waals surface area contributed by atoms with Crippen LogP contribution < -0.4 is 0 Å². The number of carbonyl (C=O) groups is 3. The van der Waals surface area contributed by atoms with Crippen LogP contribution in [0.4, 0.5) is 0 Å². The maximum atomic E-state index is 11.3. The largest absolute Gasteiger partial charge is 0.477 e. The van der Waals surface area contributed by atoms with Crippen molar-refractivity contribution in [3.05, 3.63) is 99.7 Å². The van der Waals surface area contributed by atoms with Crippen molar-refractivity contribution in [1.82, 2.24) is 24.9 Å². The summed E-state index contributed by atoms with van der Waals surface area (Å²) in [5, 5.41) is 14.1. The summed E-state index contributed by atoms with van der Waals surface area (Å²) in [5.41, 5.74) is 2.44. The quantitative estimate of drug-likeness (QED) is 0.194. The second-order valence-corrected chi connectivity index (χ2v) is 10.4. The minimum Gasteiger partial charge on any atom is -0.477 e. The number of hydrogen-bond donors (Lipinski definition) is 1. The Labute approximate surface area is 257 Å². The molecule has 1 N–H and O–H groups in total. The molecular weight excluding hydrogens is 646 g/mol. The number of carboxylic acids is 1. The molecule has 0 aliphatic heterocycles. The zero-order valence-corrected chi connectivity index (χ0v) is 25.6. The number of aromatic carboxylic acids is 1. The number of aromatic nitrogens is 5. The van der Waals surface area contributed by atoms with Crippen LogP contribution in [0, 0.1) is 0 Å². The summed E-state index contributed by atoms with van der Waals surface area (Å²) in [7, 11) is 0. The summed E-state index contributed by atoms with van der Waals surface area (Å²) in [5.74, 6) is -1.80. The molecule has 5 aromatic rings. The Morgan fingerprint density at radius 3 is 1.48 bits per heavy atom. The van der Waals surface area contributed by atoms with Crippen LogP contribution in [0.1, 0.15) is 45.3 Å². The fourth-order valence-electron chi connectivity index (χ4n) is 2.93. The first-order valence-electron chi connectivity index (χ1n) is 12.2. The monoisotopic (exact) mass is 669 g/mol. The van der Waals surface area contributed by atoms with Crippen LogP contribution in [-0.2, 0) is 9.47 Å². The molecule has 0 atom stereocenters. The Bertz CT molecular complexity index is 1550. The van der Waals surface area contributed by atoms with Crippen LogP contribution in [0.25, 0.3) is 21.1 Å². The molecule has 5 rings (SSSR count). The first-order valence-corrected chi connectivity index (χ1v) is 14.8. The highest BCUT2D eigenvalue weighted by atomic mass is 79.9. The predicted molar refractivity (Wildman–Crippen MR) is 161 cm³/mol. The molecule has 0 radical (unpaired) electrons. The van der Waals surface area contributed by atoms with Gasteiger partial charge in [0.05, 0.1) is 13.2 Å². The Morgan fingerprint density at radius 2 is 1.14 bits per heavy atom. The van der Waals surface area contributed by atoms with Crippen molar-refractivity contribution in [2.24, 2.45) is 0 Å². The molecule has 0 saturated heterocycles. The number of nitrogens with zero attached hydrogens (tertiary/aromatic N) is 5. The minimum absolute atomic E-state index is 0.0466. The number of carbonyl (C=O) groups excluding carboxylic acids is 2. The molecule has 0 saturated carbocycles. The molecule has 5 heterocycles. The maximum Gasteiger partial charge on any atom is 0.356 e. The lowest BCUT2D eigenvalue weighted by molar-refractivity contribution is 0.0510. The third kappa shape index (κ3) is 9.90. The minimum atomic E-state index is -1.02. The van der Waals surface area contributed by atoms with Gasteiger partial charge in [-0.15, -0.1) is 22.7 Å². The molecule has 0 aromatic carbocycles. The maximum absolute atomic E-state index is 11.3. The molecule has 0 aliphatic carbocycles. The van der Waals surface area contributed by atoms with Gasteiger partial charge in [0.2, 0.25) is 0 Å². The highest BCUT2D eigenvalue weighted by molar-refractivity contribution is 9.10. The molecule has 0 aliphatic rings. The number of carboxylic acid groups (broad SMARTS) is 1. The van der Waals surface area contributed by atoms with E-state index in [-0.39, 0.29) is 11.7 Å². The molecule has 0 spiro atoms. The number of ether oxygens (including phenoxy) is 2. The van der Waals surface area contributed by atoms with E-state index in [0.717, 1.165) is 25.6 Å². The first kappa shape index (κ1) is 32.1. The summed E-state index contributed by atoms with van der Waals surface area (Å²) in [6.07, 6.45) is 8.14. The number of rotatable bonds is 7. The van der Waals surface area contributed by atoms with Crippen LogP contribution in [-0.4, -0.2) is 61.1 Å². The van der Waals surface area contributed by atoms with Crippen LogP contribution in [0.3, 0.4) is 0 Å². The lowest BCUT2D eigenvalue weighted by Crippen LogP contribution is -2.06. The summed E-state index contributed by atoms with van der Waals surface area (Å²) in [4.78, 5) is 52.9. The molecule has 11 nitrogen and oxygen atoms in total. The van der Waals surface area contributed by atoms with E-state index in [1.165, 1.54) is 34.9 Å². The van der Waals surface area contributed by atoms with Gasteiger partial charge in [0, 0.05) is 57.3 Å². The second kappa shape index (κ2) is 16.8. The van der Waals surface area contributed by atoms with Gasteiger partial charge in [-0.1, -0.05) is 0 Å².